The number of rotatable bonds is 2. The summed E-state index contributed by atoms with van der Waals surface area (Å²) in [4.78, 5) is 0. The molecule has 0 bridgehead atoms. The van der Waals surface area contributed by atoms with E-state index in [4.69, 9.17) is 0 Å². The fourth-order valence-corrected chi connectivity index (χ4v) is 6.13. The SMILES string of the molecule is c1ccc(-c2cc(-c3ccccc3)n3c4ccc5ccccc5c4c4ccc5ccccc5c4c23)cc1. The summed E-state index contributed by atoms with van der Waals surface area (Å²) < 4.78 is 2.51. The number of fused-ring (bicyclic) bond motifs is 10. The molecule has 0 atom stereocenters. The number of aromatic nitrogens is 1. The van der Waals surface area contributed by atoms with Crippen LogP contribution in [-0.2, 0) is 0 Å². The highest BCUT2D eigenvalue weighted by atomic mass is 14.9. The molecule has 0 aliphatic carbocycles. The van der Waals surface area contributed by atoms with Crippen LogP contribution in [-0.4, -0.2) is 4.40 Å². The molecule has 0 aliphatic heterocycles. The van der Waals surface area contributed by atoms with Crippen molar-refractivity contribution in [3.05, 3.63) is 140 Å². The van der Waals surface area contributed by atoms with Gasteiger partial charge >= 0.3 is 0 Å². The highest BCUT2D eigenvalue weighted by Gasteiger charge is 2.21. The zero-order chi connectivity index (χ0) is 24.3. The van der Waals surface area contributed by atoms with Crippen LogP contribution in [0, 0.1) is 0 Å². The molecule has 8 rings (SSSR count). The molecular formula is C36H23N. The van der Waals surface area contributed by atoms with Crippen molar-refractivity contribution in [3.63, 3.8) is 0 Å². The predicted molar refractivity (Wildman–Crippen MR) is 158 cm³/mol. The van der Waals surface area contributed by atoms with Gasteiger partial charge in [0.1, 0.15) is 0 Å². The summed E-state index contributed by atoms with van der Waals surface area (Å²) in [6.07, 6.45) is 0. The van der Waals surface area contributed by atoms with E-state index in [0.29, 0.717) is 0 Å². The van der Waals surface area contributed by atoms with Gasteiger partial charge in [0.15, 0.2) is 0 Å². The number of pyridine rings is 1. The normalized spacial score (nSPS) is 11.8. The maximum absolute atomic E-state index is 2.51. The predicted octanol–water partition coefficient (Wildman–Crippen LogP) is 9.89. The monoisotopic (exact) mass is 469 g/mol. The summed E-state index contributed by atoms with van der Waals surface area (Å²) in [5.41, 5.74) is 7.42. The minimum Gasteiger partial charge on any atom is -0.308 e. The second-order valence-corrected chi connectivity index (χ2v) is 9.75. The number of hydrogen-bond acceptors (Lipinski definition) is 0. The Kier molecular flexibility index (Phi) is 4.29. The summed E-state index contributed by atoms with van der Waals surface area (Å²) in [6, 6.07) is 50.7. The molecule has 0 aliphatic rings. The van der Waals surface area contributed by atoms with E-state index in [2.05, 4.69) is 144 Å². The lowest BCUT2D eigenvalue weighted by Crippen LogP contribution is -1.95. The van der Waals surface area contributed by atoms with Crippen molar-refractivity contribution in [2.24, 2.45) is 0 Å². The van der Waals surface area contributed by atoms with E-state index in [0.717, 1.165) is 0 Å². The average Bonchev–Trinajstić information content (AvgIpc) is 3.38. The first-order valence-electron chi connectivity index (χ1n) is 12.8. The molecular weight excluding hydrogens is 446 g/mol. The molecule has 37 heavy (non-hydrogen) atoms. The molecule has 0 radical (unpaired) electrons. The number of nitrogens with zero attached hydrogens (tertiary/aromatic N) is 1. The summed E-state index contributed by atoms with van der Waals surface area (Å²) in [7, 11) is 0. The average molecular weight is 470 g/mol. The van der Waals surface area contributed by atoms with Gasteiger partial charge in [0, 0.05) is 16.3 Å². The molecule has 172 valence electrons. The van der Waals surface area contributed by atoms with Crippen LogP contribution >= 0.6 is 0 Å². The van der Waals surface area contributed by atoms with Crippen molar-refractivity contribution in [1.29, 1.82) is 0 Å². The standard InChI is InChI=1S/C36H23N/c1-3-11-24(12-4-1)31-23-33(27-15-5-2-6-16-27)37-32-22-20-26-14-7-9-17-28(26)34(32)30-21-19-25-13-8-10-18-29(25)35(30)36(31)37/h1-23H. The van der Waals surface area contributed by atoms with Gasteiger partial charge in [-0.05, 0) is 50.2 Å². The summed E-state index contributed by atoms with van der Waals surface area (Å²) in [5.74, 6) is 0. The Balaban J connectivity index is 1.74. The van der Waals surface area contributed by atoms with Crippen molar-refractivity contribution in [2.45, 2.75) is 0 Å². The van der Waals surface area contributed by atoms with Gasteiger partial charge in [-0.3, -0.25) is 0 Å². The van der Waals surface area contributed by atoms with E-state index < -0.39 is 0 Å². The Bertz CT molecular complexity index is 2120. The Morgan fingerprint density at radius 1 is 0.405 bits per heavy atom. The van der Waals surface area contributed by atoms with Crippen molar-refractivity contribution in [1.82, 2.24) is 4.40 Å². The van der Waals surface area contributed by atoms with E-state index in [9.17, 15) is 0 Å². The number of hydrogen-bond donors (Lipinski definition) is 0. The first kappa shape index (κ1) is 20.3. The van der Waals surface area contributed by atoms with E-state index in [-0.39, 0.29) is 0 Å². The largest absolute Gasteiger partial charge is 0.308 e. The lowest BCUT2D eigenvalue weighted by Gasteiger charge is -2.16. The van der Waals surface area contributed by atoms with Gasteiger partial charge in [0.2, 0.25) is 0 Å². The van der Waals surface area contributed by atoms with Gasteiger partial charge in [0.25, 0.3) is 0 Å². The Morgan fingerprint density at radius 2 is 0.973 bits per heavy atom. The second kappa shape index (κ2) is 7.81. The first-order valence-corrected chi connectivity index (χ1v) is 12.8. The van der Waals surface area contributed by atoms with Crippen LogP contribution in [0.4, 0.5) is 0 Å². The molecule has 2 heterocycles. The smallest absolute Gasteiger partial charge is 0.0626 e. The molecule has 1 heteroatoms. The zero-order valence-electron chi connectivity index (χ0n) is 20.2. The maximum atomic E-state index is 2.51. The van der Waals surface area contributed by atoms with Gasteiger partial charge in [-0.1, -0.05) is 127 Å². The van der Waals surface area contributed by atoms with Crippen molar-refractivity contribution < 1.29 is 0 Å². The van der Waals surface area contributed by atoms with Crippen LogP contribution in [0.1, 0.15) is 0 Å². The Hall–Kier alpha value is -4.88. The van der Waals surface area contributed by atoms with Crippen LogP contribution in [0.2, 0.25) is 0 Å². The maximum Gasteiger partial charge on any atom is 0.0626 e. The molecule has 0 saturated carbocycles. The molecule has 2 aromatic heterocycles. The van der Waals surface area contributed by atoms with Crippen molar-refractivity contribution >= 4 is 48.7 Å². The number of benzene rings is 6. The fourth-order valence-electron chi connectivity index (χ4n) is 6.13. The first-order chi connectivity index (χ1) is 18.4. The third-order valence-electron chi connectivity index (χ3n) is 7.74. The minimum atomic E-state index is 1.21. The van der Waals surface area contributed by atoms with Gasteiger partial charge in [0.05, 0.1) is 16.7 Å². The van der Waals surface area contributed by atoms with E-state index in [1.165, 1.54) is 71.1 Å². The summed E-state index contributed by atoms with van der Waals surface area (Å²) in [6.45, 7) is 0. The molecule has 0 unspecified atom stereocenters. The molecule has 0 fully saturated rings. The van der Waals surface area contributed by atoms with Gasteiger partial charge in [-0.25, -0.2) is 0 Å². The lowest BCUT2D eigenvalue weighted by atomic mass is 9.94. The molecule has 0 N–H and O–H groups in total. The van der Waals surface area contributed by atoms with Crippen LogP contribution < -0.4 is 0 Å². The lowest BCUT2D eigenvalue weighted by molar-refractivity contribution is 1.29. The Morgan fingerprint density at radius 3 is 1.68 bits per heavy atom. The fraction of sp³-hybridized carbons (Fsp3) is 0. The quantitative estimate of drug-likeness (QED) is 0.222. The third kappa shape index (κ3) is 2.92. The molecule has 0 amide bonds. The third-order valence-corrected chi connectivity index (χ3v) is 7.74. The van der Waals surface area contributed by atoms with E-state index in [1.807, 2.05) is 0 Å². The van der Waals surface area contributed by atoms with Crippen LogP contribution in [0.25, 0.3) is 71.1 Å². The highest BCUT2D eigenvalue weighted by molar-refractivity contribution is 6.30. The minimum absolute atomic E-state index is 1.21. The van der Waals surface area contributed by atoms with Crippen LogP contribution in [0.3, 0.4) is 0 Å². The zero-order valence-corrected chi connectivity index (χ0v) is 20.2. The van der Waals surface area contributed by atoms with Crippen molar-refractivity contribution in [2.75, 3.05) is 0 Å². The van der Waals surface area contributed by atoms with E-state index >= 15 is 0 Å². The topological polar surface area (TPSA) is 4.41 Å². The molecule has 8 aromatic rings. The molecule has 6 aromatic carbocycles. The second-order valence-electron chi connectivity index (χ2n) is 9.75. The highest BCUT2D eigenvalue weighted by Crippen LogP contribution is 2.44. The van der Waals surface area contributed by atoms with E-state index in [1.54, 1.807) is 0 Å². The van der Waals surface area contributed by atoms with Gasteiger partial charge in [-0.2, -0.15) is 0 Å². The molecule has 1 nitrogen and oxygen atoms in total. The Labute approximate surface area is 214 Å². The van der Waals surface area contributed by atoms with Crippen LogP contribution in [0.5, 0.6) is 0 Å². The molecule has 0 spiro atoms. The molecule has 0 saturated heterocycles. The summed E-state index contributed by atoms with van der Waals surface area (Å²) >= 11 is 0. The van der Waals surface area contributed by atoms with Gasteiger partial charge in [-0.15, -0.1) is 0 Å². The summed E-state index contributed by atoms with van der Waals surface area (Å²) in [5, 5.41) is 9.01. The van der Waals surface area contributed by atoms with Crippen LogP contribution in [0.15, 0.2) is 140 Å². The van der Waals surface area contributed by atoms with Gasteiger partial charge < -0.3 is 4.40 Å². The van der Waals surface area contributed by atoms with Crippen molar-refractivity contribution in [3.8, 4) is 22.4 Å².